The molecule has 0 radical (unpaired) electrons. The standard InChI is InChI=1S/C12H9N3O5/c1-7-4-8(15(18)19)5-14-11(7)20-10-6-13-3-2-9(10)12(16)17/h2-6H,1H3,(H,16,17). The van der Waals surface area contributed by atoms with Crippen LogP contribution in [0.15, 0.2) is 30.7 Å². The van der Waals surface area contributed by atoms with Gasteiger partial charge in [-0.15, -0.1) is 0 Å². The first-order valence-electron chi connectivity index (χ1n) is 5.45. The van der Waals surface area contributed by atoms with Gasteiger partial charge in [0.15, 0.2) is 5.75 Å². The minimum atomic E-state index is -1.16. The summed E-state index contributed by atoms with van der Waals surface area (Å²) in [7, 11) is 0. The van der Waals surface area contributed by atoms with E-state index < -0.39 is 10.9 Å². The molecule has 2 rings (SSSR count). The third-order valence-corrected chi connectivity index (χ3v) is 2.45. The molecule has 0 atom stereocenters. The maximum Gasteiger partial charge on any atom is 0.339 e. The van der Waals surface area contributed by atoms with Gasteiger partial charge in [0.25, 0.3) is 5.69 Å². The van der Waals surface area contributed by atoms with Crippen LogP contribution in [-0.4, -0.2) is 26.0 Å². The number of pyridine rings is 2. The first-order chi connectivity index (χ1) is 9.49. The lowest BCUT2D eigenvalue weighted by atomic mass is 10.2. The van der Waals surface area contributed by atoms with E-state index >= 15 is 0 Å². The normalized spacial score (nSPS) is 10.1. The van der Waals surface area contributed by atoms with E-state index in [1.807, 2.05) is 0 Å². The molecule has 2 aromatic rings. The van der Waals surface area contributed by atoms with Crippen molar-refractivity contribution in [2.24, 2.45) is 0 Å². The highest BCUT2D eigenvalue weighted by Gasteiger charge is 2.15. The van der Waals surface area contributed by atoms with Gasteiger partial charge in [-0.1, -0.05) is 0 Å². The lowest BCUT2D eigenvalue weighted by Gasteiger charge is -2.08. The van der Waals surface area contributed by atoms with Crippen molar-refractivity contribution in [1.29, 1.82) is 0 Å². The van der Waals surface area contributed by atoms with Crippen molar-refractivity contribution in [2.75, 3.05) is 0 Å². The number of nitrogens with zero attached hydrogens (tertiary/aromatic N) is 3. The minimum Gasteiger partial charge on any atom is -0.478 e. The van der Waals surface area contributed by atoms with Gasteiger partial charge in [-0.3, -0.25) is 15.1 Å². The second kappa shape index (κ2) is 5.31. The zero-order valence-electron chi connectivity index (χ0n) is 10.3. The number of carboxylic acid groups (broad SMARTS) is 1. The zero-order valence-corrected chi connectivity index (χ0v) is 10.3. The molecule has 8 nitrogen and oxygen atoms in total. The number of hydrogen-bond donors (Lipinski definition) is 1. The van der Waals surface area contributed by atoms with Gasteiger partial charge in [-0.05, 0) is 13.0 Å². The Bertz CT molecular complexity index is 687. The van der Waals surface area contributed by atoms with E-state index in [0.717, 1.165) is 6.20 Å². The Morgan fingerprint density at radius 3 is 2.80 bits per heavy atom. The molecule has 8 heteroatoms. The minimum absolute atomic E-state index is 0.0180. The SMILES string of the molecule is Cc1cc([N+](=O)[O-])cnc1Oc1cnccc1C(=O)O. The number of rotatable bonds is 4. The van der Waals surface area contributed by atoms with Crippen LogP contribution in [0.25, 0.3) is 0 Å². The summed E-state index contributed by atoms with van der Waals surface area (Å²) in [5.74, 6) is -1.06. The van der Waals surface area contributed by atoms with Crippen LogP contribution >= 0.6 is 0 Å². The average Bonchev–Trinajstić information content (AvgIpc) is 2.41. The van der Waals surface area contributed by atoms with E-state index in [1.54, 1.807) is 6.92 Å². The molecular weight excluding hydrogens is 266 g/mol. The molecule has 0 aliphatic carbocycles. The maximum absolute atomic E-state index is 11.0. The average molecular weight is 275 g/mol. The van der Waals surface area contributed by atoms with Gasteiger partial charge in [0.05, 0.1) is 11.1 Å². The number of nitro groups is 1. The van der Waals surface area contributed by atoms with Crippen molar-refractivity contribution in [3.63, 3.8) is 0 Å². The molecule has 0 amide bonds. The Morgan fingerprint density at radius 1 is 1.45 bits per heavy atom. The lowest BCUT2D eigenvalue weighted by Crippen LogP contribution is -2.02. The summed E-state index contributed by atoms with van der Waals surface area (Å²) >= 11 is 0. The van der Waals surface area contributed by atoms with Crippen molar-refractivity contribution in [1.82, 2.24) is 9.97 Å². The fraction of sp³-hybridized carbons (Fsp3) is 0.0833. The summed E-state index contributed by atoms with van der Waals surface area (Å²) in [6.45, 7) is 1.58. The number of hydrogen-bond acceptors (Lipinski definition) is 6. The second-order valence-corrected chi connectivity index (χ2v) is 3.85. The van der Waals surface area contributed by atoms with E-state index in [2.05, 4.69) is 9.97 Å². The Hall–Kier alpha value is -3.03. The predicted molar refractivity (Wildman–Crippen MR) is 66.9 cm³/mol. The molecule has 0 aliphatic heterocycles. The van der Waals surface area contributed by atoms with Gasteiger partial charge in [-0.25, -0.2) is 9.78 Å². The third-order valence-electron chi connectivity index (χ3n) is 2.45. The molecule has 0 saturated carbocycles. The van der Waals surface area contributed by atoms with Gasteiger partial charge >= 0.3 is 5.97 Å². The fourth-order valence-corrected chi connectivity index (χ4v) is 1.50. The summed E-state index contributed by atoms with van der Waals surface area (Å²) in [4.78, 5) is 28.6. The molecule has 2 heterocycles. The summed E-state index contributed by atoms with van der Waals surface area (Å²) in [5, 5.41) is 19.6. The van der Waals surface area contributed by atoms with Crippen LogP contribution in [-0.2, 0) is 0 Å². The van der Waals surface area contributed by atoms with Crippen molar-refractivity contribution in [3.05, 3.63) is 52.0 Å². The molecule has 0 fully saturated rings. The van der Waals surface area contributed by atoms with E-state index in [0.29, 0.717) is 5.56 Å². The van der Waals surface area contributed by atoms with Crippen LogP contribution in [0.1, 0.15) is 15.9 Å². The molecule has 102 valence electrons. The Balaban J connectivity index is 2.36. The molecule has 0 aromatic carbocycles. The molecular formula is C12H9N3O5. The van der Waals surface area contributed by atoms with Crippen molar-refractivity contribution in [2.45, 2.75) is 6.92 Å². The van der Waals surface area contributed by atoms with Gasteiger partial charge in [0.2, 0.25) is 5.88 Å². The summed E-state index contributed by atoms with van der Waals surface area (Å²) in [5.41, 5.74) is 0.179. The summed E-state index contributed by atoms with van der Waals surface area (Å²) in [6.07, 6.45) is 3.61. The lowest BCUT2D eigenvalue weighted by molar-refractivity contribution is -0.385. The van der Waals surface area contributed by atoms with Gasteiger partial charge in [-0.2, -0.15) is 0 Å². The van der Waals surface area contributed by atoms with E-state index in [1.165, 1.54) is 24.5 Å². The monoisotopic (exact) mass is 275 g/mol. The highest BCUT2D eigenvalue weighted by atomic mass is 16.6. The van der Waals surface area contributed by atoms with Crippen molar-refractivity contribution < 1.29 is 19.6 Å². The first kappa shape index (κ1) is 13.4. The largest absolute Gasteiger partial charge is 0.478 e. The summed E-state index contributed by atoms with van der Waals surface area (Å²) in [6, 6.07) is 2.58. The highest BCUT2D eigenvalue weighted by Crippen LogP contribution is 2.27. The third kappa shape index (κ3) is 2.69. The van der Waals surface area contributed by atoms with E-state index in [-0.39, 0.29) is 22.9 Å². The van der Waals surface area contributed by atoms with Crippen LogP contribution in [0.4, 0.5) is 5.69 Å². The van der Waals surface area contributed by atoms with Crippen LogP contribution in [0.5, 0.6) is 11.6 Å². The number of aromatic carboxylic acids is 1. The van der Waals surface area contributed by atoms with E-state index in [9.17, 15) is 14.9 Å². The van der Waals surface area contributed by atoms with Crippen LogP contribution in [0.3, 0.4) is 0 Å². The molecule has 20 heavy (non-hydrogen) atoms. The first-order valence-corrected chi connectivity index (χ1v) is 5.45. The smallest absolute Gasteiger partial charge is 0.339 e. The molecule has 1 N–H and O–H groups in total. The number of aryl methyl sites for hydroxylation is 1. The van der Waals surface area contributed by atoms with Gasteiger partial charge in [0.1, 0.15) is 11.8 Å². The molecule has 0 spiro atoms. The van der Waals surface area contributed by atoms with Crippen LogP contribution in [0.2, 0.25) is 0 Å². The van der Waals surface area contributed by atoms with Gasteiger partial charge in [0, 0.05) is 17.8 Å². The highest BCUT2D eigenvalue weighted by molar-refractivity contribution is 5.90. The van der Waals surface area contributed by atoms with Crippen molar-refractivity contribution in [3.8, 4) is 11.6 Å². The Kier molecular flexibility index (Phi) is 3.56. The molecule has 0 bridgehead atoms. The van der Waals surface area contributed by atoms with Crippen LogP contribution < -0.4 is 4.74 Å². The summed E-state index contributed by atoms with van der Waals surface area (Å²) < 4.78 is 5.36. The Morgan fingerprint density at radius 2 is 2.20 bits per heavy atom. The fourth-order valence-electron chi connectivity index (χ4n) is 1.50. The second-order valence-electron chi connectivity index (χ2n) is 3.85. The number of carbonyl (C=O) groups is 1. The number of aromatic nitrogens is 2. The Labute approximate surface area is 112 Å². The quantitative estimate of drug-likeness (QED) is 0.671. The topological polar surface area (TPSA) is 115 Å². The maximum atomic E-state index is 11.0. The van der Waals surface area contributed by atoms with Crippen LogP contribution in [0, 0.1) is 17.0 Å². The van der Waals surface area contributed by atoms with Gasteiger partial charge < -0.3 is 9.84 Å². The number of ether oxygens (including phenoxy) is 1. The molecule has 2 aromatic heterocycles. The zero-order chi connectivity index (χ0) is 14.7. The van der Waals surface area contributed by atoms with Crippen molar-refractivity contribution >= 4 is 11.7 Å². The van der Waals surface area contributed by atoms with E-state index in [4.69, 9.17) is 9.84 Å². The number of carboxylic acids is 1. The molecule has 0 unspecified atom stereocenters. The molecule has 0 saturated heterocycles. The molecule has 0 aliphatic rings. The predicted octanol–water partition coefficient (Wildman–Crippen LogP) is 2.18.